The third-order valence-corrected chi connectivity index (χ3v) is 2.91. The van der Waals surface area contributed by atoms with E-state index >= 15 is 0 Å². The molecule has 5 heteroatoms. The van der Waals surface area contributed by atoms with E-state index in [9.17, 15) is 9.59 Å². The van der Waals surface area contributed by atoms with Gasteiger partial charge in [-0.3, -0.25) is 9.59 Å². The zero-order chi connectivity index (χ0) is 11.8. The second-order valence-corrected chi connectivity index (χ2v) is 4.20. The Hall–Kier alpha value is -1.39. The monoisotopic (exact) mass is 225 g/mol. The van der Waals surface area contributed by atoms with Gasteiger partial charge in [0.05, 0.1) is 0 Å². The lowest BCUT2D eigenvalue weighted by Crippen LogP contribution is -2.32. The Morgan fingerprint density at radius 3 is 2.62 bits per heavy atom. The van der Waals surface area contributed by atoms with E-state index in [1.165, 1.54) is 32.1 Å². The zero-order valence-corrected chi connectivity index (χ0v) is 9.45. The van der Waals surface area contributed by atoms with Crippen molar-refractivity contribution in [2.24, 2.45) is 16.8 Å². The Bertz CT molecular complexity index is 270. The topological polar surface area (TPSA) is 84.5 Å². The van der Waals surface area contributed by atoms with Crippen molar-refractivity contribution in [3.8, 4) is 0 Å². The van der Waals surface area contributed by atoms with Crippen molar-refractivity contribution in [3.05, 3.63) is 0 Å². The van der Waals surface area contributed by atoms with Crippen LogP contribution in [0.2, 0.25) is 0 Å². The number of hydrogen-bond acceptors (Lipinski definition) is 3. The number of primary amides is 1. The van der Waals surface area contributed by atoms with Crippen LogP contribution in [0.3, 0.4) is 0 Å². The number of hydrogen-bond donors (Lipinski definition) is 2. The highest BCUT2D eigenvalue weighted by molar-refractivity contribution is 6.34. The Kier molecular flexibility index (Phi) is 5.53. The van der Waals surface area contributed by atoms with E-state index in [2.05, 4.69) is 10.5 Å². The van der Waals surface area contributed by atoms with Crippen LogP contribution >= 0.6 is 0 Å². The van der Waals surface area contributed by atoms with Gasteiger partial charge in [-0.2, -0.15) is 5.10 Å². The molecule has 90 valence electrons. The smallest absolute Gasteiger partial charge is 0.329 e. The van der Waals surface area contributed by atoms with Gasteiger partial charge in [0.1, 0.15) is 0 Å². The maximum absolute atomic E-state index is 10.7. The number of rotatable bonds is 4. The minimum Gasteiger partial charge on any atom is -0.361 e. The van der Waals surface area contributed by atoms with Crippen LogP contribution in [0.25, 0.3) is 0 Å². The zero-order valence-electron chi connectivity index (χ0n) is 9.45. The molecule has 1 rings (SSSR count). The molecule has 0 aliphatic heterocycles. The SMILES string of the molecule is NC(=O)C(=O)NN=CCCC1CCCCC1. The minimum absolute atomic E-state index is 0.798. The van der Waals surface area contributed by atoms with Crippen LogP contribution in [0, 0.1) is 5.92 Å². The number of hydrazone groups is 1. The van der Waals surface area contributed by atoms with Crippen LogP contribution in [-0.2, 0) is 9.59 Å². The van der Waals surface area contributed by atoms with E-state index in [0.717, 1.165) is 18.8 Å². The molecule has 1 saturated carbocycles. The average molecular weight is 225 g/mol. The van der Waals surface area contributed by atoms with Crippen LogP contribution < -0.4 is 11.2 Å². The number of amides is 2. The molecule has 0 saturated heterocycles. The quantitative estimate of drug-likeness (QED) is 0.424. The first-order valence-electron chi connectivity index (χ1n) is 5.81. The highest BCUT2D eigenvalue weighted by Gasteiger charge is 2.12. The van der Waals surface area contributed by atoms with Crippen molar-refractivity contribution in [1.82, 2.24) is 5.43 Å². The average Bonchev–Trinajstić information content (AvgIpc) is 2.29. The first kappa shape index (κ1) is 12.7. The van der Waals surface area contributed by atoms with Gasteiger partial charge < -0.3 is 5.73 Å². The predicted octanol–water partition coefficient (Wildman–Crippen LogP) is 0.934. The van der Waals surface area contributed by atoms with Crippen LogP contribution in [-0.4, -0.2) is 18.0 Å². The van der Waals surface area contributed by atoms with E-state index in [4.69, 9.17) is 5.73 Å². The second-order valence-electron chi connectivity index (χ2n) is 4.20. The summed E-state index contributed by atoms with van der Waals surface area (Å²) in [6, 6.07) is 0. The van der Waals surface area contributed by atoms with Crippen LogP contribution in [0.4, 0.5) is 0 Å². The number of carbonyl (C=O) groups is 2. The van der Waals surface area contributed by atoms with E-state index in [0.29, 0.717) is 0 Å². The minimum atomic E-state index is -1.01. The molecule has 1 fully saturated rings. The van der Waals surface area contributed by atoms with Gasteiger partial charge in [-0.1, -0.05) is 32.1 Å². The van der Waals surface area contributed by atoms with Gasteiger partial charge in [0.25, 0.3) is 0 Å². The molecule has 3 N–H and O–H groups in total. The van der Waals surface area contributed by atoms with Gasteiger partial charge in [0, 0.05) is 6.21 Å². The Labute approximate surface area is 95.5 Å². The normalized spacial score (nSPS) is 17.5. The maximum Gasteiger partial charge on any atom is 0.329 e. The fraction of sp³-hybridized carbons (Fsp3) is 0.727. The summed E-state index contributed by atoms with van der Waals surface area (Å²) in [4.78, 5) is 21.1. The summed E-state index contributed by atoms with van der Waals surface area (Å²) in [5.74, 6) is -1.08. The fourth-order valence-electron chi connectivity index (χ4n) is 2.01. The molecule has 0 spiro atoms. The van der Waals surface area contributed by atoms with Crippen molar-refractivity contribution < 1.29 is 9.59 Å². The molecule has 2 amide bonds. The predicted molar refractivity (Wildman–Crippen MR) is 61.6 cm³/mol. The largest absolute Gasteiger partial charge is 0.361 e. The molecule has 0 bridgehead atoms. The van der Waals surface area contributed by atoms with Crippen LogP contribution in [0.1, 0.15) is 44.9 Å². The number of nitrogens with two attached hydrogens (primary N) is 1. The third kappa shape index (κ3) is 4.91. The Morgan fingerprint density at radius 1 is 1.31 bits per heavy atom. The van der Waals surface area contributed by atoms with Crippen molar-refractivity contribution in [1.29, 1.82) is 0 Å². The van der Waals surface area contributed by atoms with Crippen molar-refractivity contribution in [3.63, 3.8) is 0 Å². The summed E-state index contributed by atoms with van der Waals surface area (Å²) in [5.41, 5.74) is 6.82. The highest BCUT2D eigenvalue weighted by atomic mass is 16.2. The lowest BCUT2D eigenvalue weighted by Gasteiger charge is -2.20. The molecule has 0 aromatic heterocycles. The number of nitrogens with zero attached hydrogens (tertiary/aromatic N) is 1. The molecule has 16 heavy (non-hydrogen) atoms. The van der Waals surface area contributed by atoms with Gasteiger partial charge in [-0.15, -0.1) is 0 Å². The standard InChI is InChI=1S/C11H19N3O2/c12-10(15)11(16)14-13-8-4-7-9-5-2-1-3-6-9/h8-9H,1-7H2,(H2,12,15)(H,14,16). The van der Waals surface area contributed by atoms with E-state index in [1.807, 2.05) is 0 Å². The summed E-state index contributed by atoms with van der Waals surface area (Å²) < 4.78 is 0. The molecule has 0 aromatic rings. The summed E-state index contributed by atoms with van der Waals surface area (Å²) in [6.07, 6.45) is 10.2. The number of nitrogens with one attached hydrogen (secondary N) is 1. The lowest BCUT2D eigenvalue weighted by molar-refractivity contribution is -0.137. The van der Waals surface area contributed by atoms with Gasteiger partial charge >= 0.3 is 11.8 Å². The van der Waals surface area contributed by atoms with E-state index in [-0.39, 0.29) is 0 Å². The molecule has 0 heterocycles. The van der Waals surface area contributed by atoms with Gasteiger partial charge in [0.15, 0.2) is 0 Å². The molecule has 5 nitrogen and oxygen atoms in total. The molecule has 1 aliphatic rings. The van der Waals surface area contributed by atoms with Crippen LogP contribution in [0.15, 0.2) is 5.10 Å². The number of carbonyl (C=O) groups excluding carboxylic acids is 2. The first-order chi connectivity index (χ1) is 7.70. The summed E-state index contributed by atoms with van der Waals surface area (Å²) in [7, 11) is 0. The molecule has 0 unspecified atom stereocenters. The molecular formula is C11H19N3O2. The van der Waals surface area contributed by atoms with E-state index < -0.39 is 11.8 Å². The van der Waals surface area contributed by atoms with Gasteiger partial charge in [-0.25, -0.2) is 5.43 Å². The fourth-order valence-corrected chi connectivity index (χ4v) is 2.01. The second kappa shape index (κ2) is 6.98. The van der Waals surface area contributed by atoms with Gasteiger partial charge in [0.2, 0.25) is 0 Å². The molecule has 1 aliphatic carbocycles. The van der Waals surface area contributed by atoms with Crippen molar-refractivity contribution in [2.75, 3.05) is 0 Å². The van der Waals surface area contributed by atoms with Gasteiger partial charge in [-0.05, 0) is 18.8 Å². The lowest BCUT2D eigenvalue weighted by atomic mass is 9.86. The molecule has 0 atom stereocenters. The van der Waals surface area contributed by atoms with Crippen LogP contribution in [0.5, 0.6) is 0 Å². The molecule has 0 radical (unpaired) electrons. The Balaban J connectivity index is 2.07. The summed E-state index contributed by atoms with van der Waals surface area (Å²) in [5, 5.41) is 3.65. The molecular weight excluding hydrogens is 206 g/mol. The Morgan fingerprint density at radius 2 is 2.00 bits per heavy atom. The first-order valence-corrected chi connectivity index (χ1v) is 5.81. The third-order valence-electron chi connectivity index (χ3n) is 2.91. The molecule has 0 aromatic carbocycles. The maximum atomic E-state index is 10.7. The summed E-state index contributed by atoms with van der Waals surface area (Å²) >= 11 is 0. The van der Waals surface area contributed by atoms with E-state index in [1.54, 1.807) is 6.21 Å². The van der Waals surface area contributed by atoms with Crippen molar-refractivity contribution >= 4 is 18.0 Å². The highest BCUT2D eigenvalue weighted by Crippen LogP contribution is 2.26. The van der Waals surface area contributed by atoms with Crippen molar-refractivity contribution in [2.45, 2.75) is 44.9 Å². The summed E-state index contributed by atoms with van der Waals surface area (Å²) in [6.45, 7) is 0.